The molecule has 3 heteroatoms. The van der Waals surface area contributed by atoms with Crippen LogP contribution in [0.5, 0.6) is 0 Å². The summed E-state index contributed by atoms with van der Waals surface area (Å²) >= 11 is 0. The molecule has 1 atom stereocenters. The fourth-order valence-electron chi connectivity index (χ4n) is 5.43. The minimum atomic E-state index is -0.228. The number of rotatable bonds is 3. The second kappa shape index (κ2) is 6.44. The second-order valence-corrected chi connectivity index (χ2v) is 8.80. The second-order valence-electron chi connectivity index (χ2n) is 8.80. The standard InChI is InChI=1S/C25H26N2O/c1-24(23(28)27-19-7-3-2-4-8-19)17-25(24)14-11-18(12-15-25)20-13-16-26-22-10-6-5-9-21(20)22/h2-10,13,16,18H,11-12,14-15,17H2,1H3,(H,27,28)/t18?,24-,25?/m0/s1. The number of nitrogens with zero attached hydrogens (tertiary/aromatic N) is 1. The molecular formula is C25H26N2O. The van der Waals surface area contributed by atoms with E-state index in [0.29, 0.717) is 5.92 Å². The quantitative estimate of drug-likeness (QED) is 0.621. The Morgan fingerprint density at radius 1 is 1.00 bits per heavy atom. The van der Waals surface area contributed by atoms with Gasteiger partial charge in [0.05, 0.1) is 10.9 Å². The Morgan fingerprint density at radius 2 is 1.71 bits per heavy atom. The van der Waals surface area contributed by atoms with Crippen LogP contribution in [0.4, 0.5) is 5.69 Å². The first-order valence-corrected chi connectivity index (χ1v) is 10.3. The summed E-state index contributed by atoms with van der Waals surface area (Å²) in [6.07, 6.45) is 7.53. The lowest BCUT2D eigenvalue weighted by Crippen LogP contribution is -2.29. The first-order chi connectivity index (χ1) is 13.6. The topological polar surface area (TPSA) is 42.0 Å². The van der Waals surface area contributed by atoms with Gasteiger partial charge in [-0.05, 0) is 73.3 Å². The first-order valence-electron chi connectivity index (χ1n) is 10.3. The van der Waals surface area contributed by atoms with Crippen LogP contribution < -0.4 is 5.32 Å². The Labute approximate surface area is 166 Å². The highest BCUT2D eigenvalue weighted by Crippen LogP contribution is 2.71. The molecule has 2 aromatic carbocycles. The third-order valence-corrected chi connectivity index (χ3v) is 7.34. The average Bonchev–Trinajstić information content (AvgIpc) is 3.33. The molecule has 1 N–H and O–H groups in total. The molecule has 142 valence electrons. The van der Waals surface area contributed by atoms with Gasteiger partial charge in [0.15, 0.2) is 0 Å². The SMILES string of the molecule is C[C@@]1(C(=O)Nc2ccccc2)CC12CCC(c1ccnc3ccccc13)CC2. The number of nitrogens with one attached hydrogen (secondary N) is 1. The van der Waals surface area contributed by atoms with Gasteiger partial charge in [0.1, 0.15) is 0 Å². The van der Waals surface area contributed by atoms with E-state index in [1.807, 2.05) is 36.5 Å². The maximum atomic E-state index is 13.0. The molecule has 1 heterocycles. The minimum absolute atomic E-state index is 0.186. The van der Waals surface area contributed by atoms with Gasteiger partial charge in [-0.2, -0.15) is 0 Å². The number of benzene rings is 2. The number of para-hydroxylation sites is 2. The number of amides is 1. The van der Waals surface area contributed by atoms with Crippen molar-refractivity contribution in [2.24, 2.45) is 10.8 Å². The van der Waals surface area contributed by atoms with Crippen molar-refractivity contribution < 1.29 is 4.79 Å². The number of pyridine rings is 1. The predicted molar refractivity (Wildman–Crippen MR) is 113 cm³/mol. The summed E-state index contributed by atoms with van der Waals surface area (Å²) < 4.78 is 0. The van der Waals surface area contributed by atoms with Crippen molar-refractivity contribution >= 4 is 22.5 Å². The molecule has 0 unspecified atom stereocenters. The Kier molecular flexibility index (Phi) is 4.01. The molecule has 2 aliphatic carbocycles. The number of hydrogen-bond acceptors (Lipinski definition) is 2. The van der Waals surface area contributed by atoms with E-state index in [2.05, 4.69) is 47.6 Å². The number of carbonyl (C=O) groups excluding carboxylic acids is 1. The van der Waals surface area contributed by atoms with Crippen LogP contribution in [-0.4, -0.2) is 10.9 Å². The first kappa shape index (κ1) is 17.4. The number of aromatic nitrogens is 1. The predicted octanol–water partition coefficient (Wildman–Crippen LogP) is 5.93. The number of hydrogen-bond donors (Lipinski definition) is 1. The molecule has 1 amide bonds. The maximum Gasteiger partial charge on any atom is 0.230 e. The van der Waals surface area contributed by atoms with E-state index in [9.17, 15) is 4.79 Å². The Bertz CT molecular complexity index is 1020. The fraction of sp³-hybridized carbons (Fsp3) is 0.360. The molecule has 2 saturated carbocycles. The summed E-state index contributed by atoms with van der Waals surface area (Å²) in [5, 5.41) is 4.42. The van der Waals surface area contributed by atoms with Gasteiger partial charge in [-0.1, -0.05) is 43.3 Å². The summed E-state index contributed by atoms with van der Waals surface area (Å²) in [6, 6.07) is 20.4. The zero-order chi connectivity index (χ0) is 19.2. The summed E-state index contributed by atoms with van der Waals surface area (Å²) in [7, 11) is 0. The van der Waals surface area contributed by atoms with Crippen LogP contribution in [0.15, 0.2) is 66.9 Å². The highest BCUT2D eigenvalue weighted by atomic mass is 16.2. The van der Waals surface area contributed by atoms with Crippen molar-refractivity contribution in [3.63, 3.8) is 0 Å². The smallest absolute Gasteiger partial charge is 0.230 e. The molecule has 0 saturated heterocycles. The molecule has 2 aliphatic rings. The van der Waals surface area contributed by atoms with Gasteiger partial charge < -0.3 is 5.32 Å². The van der Waals surface area contributed by atoms with Gasteiger partial charge in [0.2, 0.25) is 5.91 Å². The van der Waals surface area contributed by atoms with E-state index in [1.165, 1.54) is 10.9 Å². The van der Waals surface area contributed by atoms with Crippen LogP contribution in [0, 0.1) is 10.8 Å². The summed E-state index contributed by atoms with van der Waals surface area (Å²) in [5.41, 5.74) is 3.36. The normalized spacial score (nSPS) is 29.0. The molecule has 28 heavy (non-hydrogen) atoms. The number of anilines is 1. The Morgan fingerprint density at radius 3 is 2.50 bits per heavy atom. The summed E-state index contributed by atoms with van der Waals surface area (Å²) in [6.45, 7) is 2.16. The molecule has 1 spiro atoms. The van der Waals surface area contributed by atoms with E-state index in [-0.39, 0.29) is 16.7 Å². The van der Waals surface area contributed by atoms with Gasteiger partial charge in [-0.15, -0.1) is 0 Å². The minimum Gasteiger partial charge on any atom is -0.326 e. The van der Waals surface area contributed by atoms with Crippen LogP contribution in [0.1, 0.15) is 50.5 Å². The van der Waals surface area contributed by atoms with E-state index >= 15 is 0 Å². The van der Waals surface area contributed by atoms with Crippen LogP contribution in [0.3, 0.4) is 0 Å². The van der Waals surface area contributed by atoms with Crippen LogP contribution in [0.25, 0.3) is 10.9 Å². The average molecular weight is 370 g/mol. The van der Waals surface area contributed by atoms with Crippen molar-refractivity contribution in [3.8, 4) is 0 Å². The monoisotopic (exact) mass is 370 g/mol. The Hall–Kier alpha value is -2.68. The molecule has 0 aliphatic heterocycles. The van der Waals surface area contributed by atoms with Crippen LogP contribution in [-0.2, 0) is 4.79 Å². The highest BCUT2D eigenvalue weighted by molar-refractivity contribution is 5.98. The maximum absolute atomic E-state index is 13.0. The molecular weight excluding hydrogens is 344 g/mol. The van der Waals surface area contributed by atoms with E-state index in [0.717, 1.165) is 43.3 Å². The molecule has 3 nitrogen and oxygen atoms in total. The van der Waals surface area contributed by atoms with Crippen LogP contribution in [0.2, 0.25) is 0 Å². The van der Waals surface area contributed by atoms with Crippen molar-refractivity contribution in [1.82, 2.24) is 4.98 Å². The largest absolute Gasteiger partial charge is 0.326 e. The lowest BCUT2D eigenvalue weighted by atomic mass is 9.73. The fourth-order valence-corrected chi connectivity index (χ4v) is 5.43. The lowest BCUT2D eigenvalue weighted by Gasteiger charge is -2.32. The van der Waals surface area contributed by atoms with Gasteiger partial charge >= 0.3 is 0 Å². The molecule has 3 aromatic rings. The summed E-state index contributed by atoms with van der Waals surface area (Å²) in [5.74, 6) is 0.757. The summed E-state index contributed by atoms with van der Waals surface area (Å²) in [4.78, 5) is 17.5. The van der Waals surface area contributed by atoms with Gasteiger partial charge in [0.25, 0.3) is 0 Å². The van der Waals surface area contributed by atoms with Crippen molar-refractivity contribution in [2.75, 3.05) is 5.32 Å². The zero-order valence-corrected chi connectivity index (χ0v) is 16.3. The number of fused-ring (bicyclic) bond motifs is 1. The van der Waals surface area contributed by atoms with E-state index in [1.54, 1.807) is 0 Å². The molecule has 0 bridgehead atoms. The third-order valence-electron chi connectivity index (χ3n) is 7.34. The van der Waals surface area contributed by atoms with E-state index < -0.39 is 0 Å². The molecule has 2 fully saturated rings. The Balaban J connectivity index is 1.30. The molecule has 1 aromatic heterocycles. The lowest BCUT2D eigenvalue weighted by molar-refractivity contribution is -0.122. The van der Waals surface area contributed by atoms with Crippen molar-refractivity contribution in [3.05, 3.63) is 72.4 Å². The van der Waals surface area contributed by atoms with Gasteiger partial charge in [0, 0.05) is 17.3 Å². The van der Waals surface area contributed by atoms with Crippen molar-refractivity contribution in [2.45, 2.75) is 44.9 Å². The van der Waals surface area contributed by atoms with Gasteiger partial charge in [-0.25, -0.2) is 0 Å². The van der Waals surface area contributed by atoms with E-state index in [4.69, 9.17) is 0 Å². The van der Waals surface area contributed by atoms with Gasteiger partial charge in [-0.3, -0.25) is 9.78 Å². The van der Waals surface area contributed by atoms with Crippen LogP contribution >= 0.6 is 0 Å². The molecule has 0 radical (unpaired) electrons. The number of carbonyl (C=O) groups is 1. The highest BCUT2D eigenvalue weighted by Gasteiger charge is 2.68. The van der Waals surface area contributed by atoms with Crippen molar-refractivity contribution in [1.29, 1.82) is 0 Å². The zero-order valence-electron chi connectivity index (χ0n) is 16.3. The molecule has 5 rings (SSSR count). The third kappa shape index (κ3) is 2.72.